The van der Waals surface area contributed by atoms with Gasteiger partial charge in [0, 0.05) is 19.4 Å². The molecule has 11 nitrogen and oxygen atoms in total. The SMILES string of the molecule is CCN(C(=O)C(CCC(N)=O)NC(=O)OC(C)(C)C)C(C(=O)NC(Cc1ccccc1)C(=O)OC(C)(C)C)c1cccc(C)c1C. The summed E-state index contributed by atoms with van der Waals surface area (Å²) >= 11 is 0. The average molecular weight is 639 g/mol. The number of likely N-dealkylation sites (N-methyl/N-ethyl adjacent to an activating group) is 1. The van der Waals surface area contributed by atoms with Crippen LogP contribution in [0.5, 0.6) is 0 Å². The zero-order valence-corrected chi connectivity index (χ0v) is 28.6. The number of hydrogen-bond acceptors (Lipinski definition) is 7. The van der Waals surface area contributed by atoms with Crippen LogP contribution in [-0.2, 0) is 35.1 Å². The number of benzene rings is 2. The molecule has 4 N–H and O–H groups in total. The summed E-state index contributed by atoms with van der Waals surface area (Å²) in [6, 6.07) is 11.2. The standard InChI is InChI=1S/C35H50N4O7/c1-10-39(31(42)26(19-20-28(36)40)38-33(44)46-35(7,8)9)29(25-18-14-15-22(2)23(25)3)30(41)37-27(32(43)45-34(4,5)6)21-24-16-12-11-13-17-24/h11-18,26-27,29H,10,19-21H2,1-9H3,(H2,36,40)(H,37,41)(H,38,44). The molecule has 0 heterocycles. The van der Waals surface area contributed by atoms with Gasteiger partial charge >= 0.3 is 12.1 Å². The van der Waals surface area contributed by atoms with E-state index in [0.29, 0.717) is 5.56 Å². The lowest BCUT2D eigenvalue weighted by atomic mass is 9.94. The van der Waals surface area contributed by atoms with E-state index >= 15 is 0 Å². The summed E-state index contributed by atoms with van der Waals surface area (Å²) in [4.78, 5) is 67.8. The van der Waals surface area contributed by atoms with E-state index in [4.69, 9.17) is 15.2 Å². The number of nitrogens with zero attached hydrogens (tertiary/aromatic N) is 1. The zero-order valence-electron chi connectivity index (χ0n) is 28.6. The number of alkyl carbamates (subject to hydrolysis) is 1. The number of carbonyl (C=O) groups is 5. The van der Waals surface area contributed by atoms with Gasteiger partial charge in [0.05, 0.1) is 0 Å². The van der Waals surface area contributed by atoms with Crippen molar-refractivity contribution >= 4 is 29.8 Å². The Labute approximate surface area is 272 Å². The third kappa shape index (κ3) is 11.8. The Balaban J connectivity index is 2.60. The number of aryl methyl sites for hydroxylation is 1. The first-order valence-corrected chi connectivity index (χ1v) is 15.5. The second-order valence-electron chi connectivity index (χ2n) is 13.3. The van der Waals surface area contributed by atoms with Gasteiger partial charge in [0.25, 0.3) is 0 Å². The Morgan fingerprint density at radius 2 is 1.43 bits per heavy atom. The second kappa shape index (κ2) is 16.2. The predicted octanol–water partition coefficient (Wildman–Crippen LogP) is 4.42. The van der Waals surface area contributed by atoms with E-state index < -0.39 is 59.1 Å². The van der Waals surface area contributed by atoms with Gasteiger partial charge in [-0.05, 0) is 91.0 Å². The molecule has 3 atom stereocenters. The van der Waals surface area contributed by atoms with Crippen molar-refractivity contribution in [1.29, 1.82) is 0 Å². The molecule has 0 fully saturated rings. The number of hydrogen-bond donors (Lipinski definition) is 3. The quantitative estimate of drug-likeness (QED) is 0.274. The van der Waals surface area contributed by atoms with E-state index in [9.17, 15) is 24.0 Å². The van der Waals surface area contributed by atoms with Gasteiger partial charge in [-0.3, -0.25) is 14.4 Å². The Hall–Kier alpha value is -4.41. The van der Waals surface area contributed by atoms with E-state index in [1.807, 2.05) is 50.2 Å². The van der Waals surface area contributed by atoms with Gasteiger partial charge in [0.2, 0.25) is 17.7 Å². The highest BCUT2D eigenvalue weighted by molar-refractivity contribution is 5.94. The smallest absolute Gasteiger partial charge is 0.408 e. The Kier molecular flexibility index (Phi) is 13.3. The Morgan fingerprint density at radius 3 is 1.98 bits per heavy atom. The normalized spacial score (nSPS) is 13.5. The fraction of sp³-hybridized carbons (Fsp3) is 0.514. The molecule has 0 aliphatic heterocycles. The highest BCUT2D eigenvalue weighted by Gasteiger charge is 2.38. The van der Waals surface area contributed by atoms with Crippen molar-refractivity contribution in [3.8, 4) is 0 Å². The third-order valence-corrected chi connectivity index (χ3v) is 7.08. The largest absolute Gasteiger partial charge is 0.458 e. The minimum Gasteiger partial charge on any atom is -0.458 e. The summed E-state index contributed by atoms with van der Waals surface area (Å²) in [5.74, 6) is -2.50. The minimum absolute atomic E-state index is 0.0587. The molecule has 0 bridgehead atoms. The molecule has 11 heteroatoms. The molecule has 252 valence electrons. The fourth-order valence-corrected chi connectivity index (χ4v) is 4.85. The molecule has 0 aliphatic carbocycles. The van der Waals surface area contributed by atoms with Crippen molar-refractivity contribution in [1.82, 2.24) is 15.5 Å². The second-order valence-corrected chi connectivity index (χ2v) is 13.3. The van der Waals surface area contributed by atoms with Gasteiger partial charge in [-0.1, -0.05) is 48.5 Å². The molecule has 4 amide bonds. The summed E-state index contributed by atoms with van der Waals surface area (Å²) in [7, 11) is 0. The van der Waals surface area contributed by atoms with Crippen LogP contribution in [0.2, 0.25) is 0 Å². The first kappa shape index (κ1) is 37.8. The van der Waals surface area contributed by atoms with E-state index in [1.54, 1.807) is 60.6 Å². The van der Waals surface area contributed by atoms with E-state index in [1.165, 1.54) is 4.90 Å². The van der Waals surface area contributed by atoms with Crippen LogP contribution in [0.3, 0.4) is 0 Å². The number of nitrogens with one attached hydrogen (secondary N) is 2. The third-order valence-electron chi connectivity index (χ3n) is 7.08. The number of rotatable bonds is 13. The fourth-order valence-electron chi connectivity index (χ4n) is 4.85. The number of amides is 4. The van der Waals surface area contributed by atoms with Crippen molar-refractivity contribution < 1.29 is 33.4 Å². The summed E-state index contributed by atoms with van der Waals surface area (Å²) < 4.78 is 11.0. The predicted molar refractivity (Wildman–Crippen MR) is 176 cm³/mol. The summed E-state index contributed by atoms with van der Waals surface area (Å²) in [6.45, 7) is 15.8. The lowest BCUT2D eigenvalue weighted by Gasteiger charge is -2.35. The van der Waals surface area contributed by atoms with Crippen molar-refractivity contribution in [2.24, 2.45) is 5.73 Å². The van der Waals surface area contributed by atoms with Crippen LogP contribution in [0.25, 0.3) is 0 Å². The summed E-state index contributed by atoms with van der Waals surface area (Å²) in [5.41, 5.74) is 6.75. The van der Waals surface area contributed by atoms with E-state index in [-0.39, 0.29) is 25.8 Å². The van der Waals surface area contributed by atoms with Crippen molar-refractivity contribution in [3.63, 3.8) is 0 Å². The van der Waals surface area contributed by atoms with E-state index in [2.05, 4.69) is 10.6 Å². The first-order valence-electron chi connectivity index (χ1n) is 15.5. The van der Waals surface area contributed by atoms with Crippen molar-refractivity contribution in [3.05, 3.63) is 70.8 Å². The maximum Gasteiger partial charge on any atom is 0.408 e. The number of nitrogens with two attached hydrogens (primary N) is 1. The average Bonchev–Trinajstić information content (AvgIpc) is 2.93. The maximum atomic E-state index is 14.4. The molecule has 0 spiro atoms. The molecule has 2 aromatic rings. The van der Waals surface area contributed by atoms with Gasteiger partial charge in [0.15, 0.2) is 0 Å². The topological polar surface area (TPSA) is 157 Å². The lowest BCUT2D eigenvalue weighted by molar-refractivity contribution is -0.159. The highest BCUT2D eigenvalue weighted by atomic mass is 16.6. The van der Waals surface area contributed by atoms with Gasteiger partial charge in [-0.25, -0.2) is 9.59 Å². The Bertz CT molecular complexity index is 1380. The minimum atomic E-state index is -1.23. The van der Waals surface area contributed by atoms with Crippen LogP contribution in [0, 0.1) is 13.8 Å². The maximum absolute atomic E-state index is 14.4. The van der Waals surface area contributed by atoms with Gasteiger partial charge in [-0.2, -0.15) is 0 Å². The lowest BCUT2D eigenvalue weighted by Crippen LogP contribution is -2.55. The molecule has 2 aromatic carbocycles. The number of ether oxygens (including phenoxy) is 2. The van der Waals surface area contributed by atoms with Crippen LogP contribution < -0.4 is 16.4 Å². The van der Waals surface area contributed by atoms with Gasteiger partial charge < -0.3 is 30.7 Å². The number of primary amides is 1. The summed E-state index contributed by atoms with van der Waals surface area (Å²) in [6.07, 6.45) is -1.00. The van der Waals surface area contributed by atoms with Crippen LogP contribution in [0.15, 0.2) is 48.5 Å². The number of carbonyl (C=O) groups excluding carboxylic acids is 5. The first-order chi connectivity index (χ1) is 21.3. The molecular weight excluding hydrogens is 588 g/mol. The highest BCUT2D eigenvalue weighted by Crippen LogP contribution is 2.28. The molecule has 3 unspecified atom stereocenters. The molecular formula is C35H50N4O7. The van der Waals surface area contributed by atoms with Crippen LogP contribution in [-0.4, -0.2) is 64.5 Å². The van der Waals surface area contributed by atoms with Crippen LogP contribution in [0.4, 0.5) is 4.79 Å². The molecule has 0 radical (unpaired) electrons. The molecule has 0 saturated carbocycles. The van der Waals surface area contributed by atoms with Crippen molar-refractivity contribution in [2.75, 3.05) is 6.54 Å². The van der Waals surface area contributed by atoms with Gasteiger partial charge in [0.1, 0.15) is 29.3 Å². The van der Waals surface area contributed by atoms with Crippen LogP contribution in [0.1, 0.15) is 89.6 Å². The zero-order chi connectivity index (χ0) is 34.8. The molecule has 2 rings (SSSR count). The molecule has 0 saturated heterocycles. The van der Waals surface area contributed by atoms with Gasteiger partial charge in [-0.15, -0.1) is 0 Å². The molecule has 0 aromatic heterocycles. The molecule has 0 aliphatic rings. The number of esters is 1. The Morgan fingerprint density at radius 1 is 0.826 bits per heavy atom. The molecule has 46 heavy (non-hydrogen) atoms. The van der Waals surface area contributed by atoms with Crippen molar-refractivity contribution in [2.45, 2.75) is 111 Å². The van der Waals surface area contributed by atoms with Crippen LogP contribution >= 0.6 is 0 Å². The van der Waals surface area contributed by atoms with E-state index in [0.717, 1.165) is 16.7 Å². The summed E-state index contributed by atoms with van der Waals surface area (Å²) in [5, 5.41) is 5.44. The monoisotopic (exact) mass is 638 g/mol.